The average molecular weight is 581 g/mol. The lowest BCUT2D eigenvalue weighted by Gasteiger charge is -2.32. The number of hydrogen-bond donors (Lipinski definition) is 1. The van der Waals surface area contributed by atoms with Gasteiger partial charge in [-0.05, 0) is 109 Å². The fraction of sp³-hybridized carbons (Fsp3) is 0.629. The lowest BCUT2D eigenvalue weighted by Crippen LogP contribution is -2.22. The second-order valence-electron chi connectivity index (χ2n) is 13.3. The SMILES string of the molecule is Cc1cc(S(=O)(=O)O)c(C(C)C)cc1OC(=O)c1c(C2CCCCC2)cc(C2CCCCC2)cc1C1CCCCC1. The summed E-state index contributed by atoms with van der Waals surface area (Å²) in [6.45, 7) is 5.48. The number of benzene rings is 2. The zero-order valence-electron chi connectivity index (χ0n) is 25.2. The van der Waals surface area contributed by atoms with Gasteiger partial charge in [0.05, 0.1) is 10.5 Å². The van der Waals surface area contributed by atoms with E-state index in [9.17, 15) is 17.8 Å². The zero-order chi connectivity index (χ0) is 29.1. The van der Waals surface area contributed by atoms with Crippen molar-refractivity contribution < 1.29 is 22.5 Å². The Morgan fingerprint density at radius 3 is 1.66 bits per heavy atom. The minimum absolute atomic E-state index is 0.118. The molecule has 0 atom stereocenters. The van der Waals surface area contributed by atoms with E-state index >= 15 is 0 Å². The van der Waals surface area contributed by atoms with Crippen molar-refractivity contribution >= 4 is 16.1 Å². The molecule has 224 valence electrons. The largest absolute Gasteiger partial charge is 0.423 e. The van der Waals surface area contributed by atoms with Gasteiger partial charge >= 0.3 is 5.97 Å². The molecule has 0 aromatic heterocycles. The summed E-state index contributed by atoms with van der Waals surface area (Å²) < 4.78 is 40.3. The van der Waals surface area contributed by atoms with Crippen LogP contribution in [0.15, 0.2) is 29.2 Å². The maximum Gasteiger partial charge on any atom is 0.344 e. The van der Waals surface area contributed by atoms with E-state index in [0.717, 1.165) is 31.2 Å². The second-order valence-corrected chi connectivity index (χ2v) is 14.6. The molecule has 2 aromatic rings. The zero-order valence-corrected chi connectivity index (χ0v) is 26.0. The van der Waals surface area contributed by atoms with Gasteiger partial charge in [0.25, 0.3) is 10.1 Å². The smallest absolute Gasteiger partial charge is 0.344 e. The topological polar surface area (TPSA) is 80.7 Å². The summed E-state index contributed by atoms with van der Waals surface area (Å²) in [6, 6.07) is 7.83. The number of ether oxygens (including phenoxy) is 1. The van der Waals surface area contributed by atoms with Crippen molar-refractivity contribution in [2.24, 2.45) is 0 Å². The first-order valence-electron chi connectivity index (χ1n) is 16.2. The Morgan fingerprint density at radius 2 is 1.22 bits per heavy atom. The molecule has 0 bridgehead atoms. The van der Waals surface area contributed by atoms with E-state index in [1.807, 2.05) is 13.8 Å². The van der Waals surface area contributed by atoms with Crippen LogP contribution < -0.4 is 4.74 Å². The summed E-state index contributed by atoms with van der Waals surface area (Å²) in [6.07, 6.45) is 18.1. The van der Waals surface area contributed by atoms with Gasteiger partial charge in [-0.25, -0.2) is 4.79 Å². The van der Waals surface area contributed by atoms with Crippen LogP contribution in [0, 0.1) is 6.92 Å². The third-order valence-corrected chi connectivity index (χ3v) is 10.9. The molecular formula is C35H48O5S. The molecule has 1 N–H and O–H groups in total. The summed E-state index contributed by atoms with van der Waals surface area (Å²) in [5.41, 5.74) is 5.55. The Hall–Kier alpha value is -2.18. The number of carbonyl (C=O) groups excluding carboxylic acids is 1. The molecule has 5 nitrogen and oxygen atoms in total. The highest BCUT2D eigenvalue weighted by Gasteiger charge is 2.32. The van der Waals surface area contributed by atoms with Gasteiger partial charge in [0.2, 0.25) is 0 Å². The van der Waals surface area contributed by atoms with Crippen molar-refractivity contribution in [3.05, 3.63) is 57.6 Å². The predicted octanol–water partition coefficient (Wildman–Crippen LogP) is 9.73. The van der Waals surface area contributed by atoms with Crippen LogP contribution in [0.5, 0.6) is 5.75 Å². The average Bonchev–Trinajstić information content (AvgIpc) is 2.98. The molecule has 3 aliphatic carbocycles. The van der Waals surface area contributed by atoms with E-state index in [-0.39, 0.29) is 16.8 Å². The van der Waals surface area contributed by atoms with Crippen LogP contribution in [0.3, 0.4) is 0 Å². The quantitative estimate of drug-likeness (QED) is 0.200. The van der Waals surface area contributed by atoms with Gasteiger partial charge < -0.3 is 4.74 Å². The van der Waals surface area contributed by atoms with Gasteiger partial charge in [-0.2, -0.15) is 8.42 Å². The van der Waals surface area contributed by atoms with Crippen LogP contribution in [-0.2, 0) is 10.1 Å². The van der Waals surface area contributed by atoms with Crippen LogP contribution in [0.1, 0.15) is 172 Å². The molecule has 3 fully saturated rings. The normalized spacial score (nSPS) is 19.9. The summed E-state index contributed by atoms with van der Waals surface area (Å²) in [4.78, 5) is 14.2. The predicted molar refractivity (Wildman–Crippen MR) is 164 cm³/mol. The number of carbonyl (C=O) groups is 1. The van der Waals surface area contributed by atoms with E-state index in [1.165, 1.54) is 93.4 Å². The highest BCUT2D eigenvalue weighted by atomic mass is 32.2. The molecule has 41 heavy (non-hydrogen) atoms. The Bertz CT molecular complexity index is 1300. The van der Waals surface area contributed by atoms with Gasteiger partial charge in [-0.1, -0.05) is 83.8 Å². The molecule has 3 saturated carbocycles. The molecule has 0 aliphatic heterocycles. The van der Waals surface area contributed by atoms with E-state index in [2.05, 4.69) is 12.1 Å². The molecule has 6 heteroatoms. The Balaban J connectivity index is 1.62. The number of aryl methyl sites for hydroxylation is 1. The van der Waals surface area contributed by atoms with Gasteiger partial charge in [-0.3, -0.25) is 4.55 Å². The number of esters is 1. The maximum atomic E-state index is 14.4. The summed E-state index contributed by atoms with van der Waals surface area (Å²) in [7, 11) is -4.40. The van der Waals surface area contributed by atoms with Crippen LogP contribution in [0.25, 0.3) is 0 Å². The standard InChI is InChI=1S/C35H48O5S/c1-23(2)29-22-32(24(3)19-33(29)41(37,38)39)40-35(36)34-30(26-15-9-5-10-16-26)20-28(25-13-7-4-8-14-25)21-31(34)27-17-11-6-12-18-27/h19-23,25-27H,4-18H2,1-3H3,(H,37,38,39). The summed E-state index contributed by atoms with van der Waals surface area (Å²) in [5, 5.41) is 0. The van der Waals surface area contributed by atoms with Gasteiger partial charge in [-0.15, -0.1) is 0 Å². The Labute approximate surface area is 247 Å². The molecule has 0 radical (unpaired) electrons. The highest BCUT2D eigenvalue weighted by Crippen LogP contribution is 2.44. The molecule has 2 aromatic carbocycles. The minimum Gasteiger partial charge on any atom is -0.423 e. The Kier molecular flexibility index (Phi) is 9.60. The van der Waals surface area contributed by atoms with E-state index in [1.54, 1.807) is 13.0 Å². The minimum atomic E-state index is -4.40. The Morgan fingerprint density at radius 1 is 0.756 bits per heavy atom. The third-order valence-electron chi connectivity index (χ3n) is 10.0. The lowest BCUT2D eigenvalue weighted by atomic mass is 9.73. The first-order valence-corrected chi connectivity index (χ1v) is 17.6. The van der Waals surface area contributed by atoms with E-state index in [0.29, 0.717) is 34.6 Å². The van der Waals surface area contributed by atoms with Crippen molar-refractivity contribution in [1.82, 2.24) is 0 Å². The molecule has 0 unspecified atom stereocenters. The van der Waals surface area contributed by atoms with Crippen LogP contribution in [0.4, 0.5) is 0 Å². The molecular weight excluding hydrogens is 532 g/mol. The van der Waals surface area contributed by atoms with Gasteiger partial charge in [0, 0.05) is 0 Å². The fourth-order valence-corrected chi connectivity index (χ4v) is 8.62. The second kappa shape index (κ2) is 13.0. The van der Waals surface area contributed by atoms with Gasteiger partial charge in [0.15, 0.2) is 0 Å². The summed E-state index contributed by atoms with van der Waals surface area (Å²) >= 11 is 0. The maximum absolute atomic E-state index is 14.4. The molecule has 0 heterocycles. The highest BCUT2D eigenvalue weighted by molar-refractivity contribution is 7.85. The van der Waals surface area contributed by atoms with Crippen LogP contribution in [0.2, 0.25) is 0 Å². The summed E-state index contributed by atoms with van der Waals surface area (Å²) in [5.74, 6) is 1.18. The van der Waals surface area contributed by atoms with Gasteiger partial charge in [0.1, 0.15) is 5.75 Å². The number of hydrogen-bond acceptors (Lipinski definition) is 4. The van der Waals surface area contributed by atoms with Crippen molar-refractivity contribution in [3.63, 3.8) is 0 Å². The molecule has 0 saturated heterocycles. The fourth-order valence-electron chi connectivity index (χ4n) is 7.70. The molecule has 5 rings (SSSR count). The molecule has 0 amide bonds. The van der Waals surface area contributed by atoms with Crippen molar-refractivity contribution in [2.75, 3.05) is 0 Å². The molecule has 0 spiro atoms. The van der Waals surface area contributed by atoms with Crippen LogP contribution >= 0.6 is 0 Å². The first-order chi connectivity index (χ1) is 19.6. The lowest BCUT2D eigenvalue weighted by molar-refractivity contribution is 0.0729. The van der Waals surface area contributed by atoms with Crippen molar-refractivity contribution in [2.45, 2.75) is 146 Å². The van der Waals surface area contributed by atoms with E-state index < -0.39 is 10.1 Å². The van der Waals surface area contributed by atoms with Crippen molar-refractivity contribution in [3.8, 4) is 5.75 Å². The van der Waals surface area contributed by atoms with E-state index in [4.69, 9.17) is 4.74 Å². The molecule has 3 aliphatic rings. The van der Waals surface area contributed by atoms with Crippen LogP contribution in [-0.4, -0.2) is 18.9 Å². The third kappa shape index (κ3) is 6.91. The first kappa shape index (κ1) is 30.3. The monoisotopic (exact) mass is 580 g/mol. The van der Waals surface area contributed by atoms with Crippen molar-refractivity contribution in [1.29, 1.82) is 0 Å². The number of rotatable bonds is 7.